The van der Waals surface area contributed by atoms with Gasteiger partial charge in [-0.2, -0.15) is 0 Å². The highest BCUT2D eigenvalue weighted by Gasteiger charge is 2.14. The number of hydrogen-bond acceptors (Lipinski definition) is 2. The van der Waals surface area contributed by atoms with E-state index in [2.05, 4.69) is 6.92 Å². The molecule has 102 valence electrons. The van der Waals surface area contributed by atoms with Crippen molar-refractivity contribution in [1.82, 2.24) is 4.57 Å². The molecule has 3 nitrogen and oxygen atoms in total. The van der Waals surface area contributed by atoms with Gasteiger partial charge >= 0.3 is 5.97 Å². The maximum Gasteiger partial charge on any atom is 0.340 e. The molecule has 2 rings (SSSR count). The Bertz CT molecular complexity index is 557. The SMILES string of the molecule is CCCCCCOC(=O)c1cn(C)c2ccccc12. The Morgan fingerprint density at radius 2 is 2.00 bits per heavy atom. The quantitative estimate of drug-likeness (QED) is 0.581. The first-order valence-electron chi connectivity index (χ1n) is 6.95. The molecule has 0 unspecified atom stereocenters. The second kappa shape index (κ2) is 6.41. The summed E-state index contributed by atoms with van der Waals surface area (Å²) in [5.41, 5.74) is 1.72. The molecule has 0 bridgehead atoms. The van der Waals surface area contributed by atoms with Crippen LogP contribution in [-0.2, 0) is 11.8 Å². The van der Waals surface area contributed by atoms with Crippen molar-refractivity contribution in [2.24, 2.45) is 7.05 Å². The first kappa shape index (κ1) is 13.7. The van der Waals surface area contributed by atoms with Crippen LogP contribution in [0.25, 0.3) is 10.9 Å². The molecule has 0 radical (unpaired) electrons. The molecule has 3 heteroatoms. The van der Waals surface area contributed by atoms with E-state index in [4.69, 9.17) is 4.74 Å². The van der Waals surface area contributed by atoms with Crippen molar-refractivity contribution in [3.05, 3.63) is 36.0 Å². The highest BCUT2D eigenvalue weighted by Crippen LogP contribution is 2.21. The molecule has 0 amide bonds. The predicted octanol–water partition coefficient (Wildman–Crippen LogP) is 3.92. The maximum absolute atomic E-state index is 12.1. The summed E-state index contributed by atoms with van der Waals surface area (Å²) in [4.78, 5) is 12.1. The molecule has 0 N–H and O–H groups in total. The third kappa shape index (κ3) is 3.16. The second-order valence-electron chi connectivity index (χ2n) is 4.87. The highest BCUT2D eigenvalue weighted by molar-refractivity contribution is 6.04. The zero-order chi connectivity index (χ0) is 13.7. The number of nitrogens with zero attached hydrogens (tertiary/aromatic N) is 1. The summed E-state index contributed by atoms with van der Waals surface area (Å²) in [6.07, 6.45) is 6.31. The third-order valence-electron chi connectivity index (χ3n) is 3.35. The van der Waals surface area contributed by atoms with Crippen molar-refractivity contribution in [3.63, 3.8) is 0 Å². The van der Waals surface area contributed by atoms with Crippen molar-refractivity contribution in [1.29, 1.82) is 0 Å². The smallest absolute Gasteiger partial charge is 0.340 e. The zero-order valence-corrected chi connectivity index (χ0v) is 11.7. The standard InChI is InChI=1S/C16H21NO2/c1-3-4-5-8-11-19-16(18)14-12-17(2)15-10-7-6-9-13(14)15/h6-7,9-10,12H,3-5,8,11H2,1-2H3. The Kier molecular flexibility index (Phi) is 4.61. The topological polar surface area (TPSA) is 31.2 Å². The van der Waals surface area contributed by atoms with E-state index in [1.807, 2.05) is 42.1 Å². The lowest BCUT2D eigenvalue weighted by Gasteiger charge is -2.03. The minimum atomic E-state index is -0.215. The minimum Gasteiger partial charge on any atom is -0.462 e. The zero-order valence-electron chi connectivity index (χ0n) is 11.7. The Balaban J connectivity index is 2.01. The largest absolute Gasteiger partial charge is 0.462 e. The number of carbonyl (C=O) groups excluding carboxylic acids is 1. The number of aryl methyl sites for hydroxylation is 1. The van der Waals surface area contributed by atoms with Crippen LogP contribution in [0.4, 0.5) is 0 Å². The van der Waals surface area contributed by atoms with Gasteiger partial charge in [-0.25, -0.2) is 4.79 Å². The average molecular weight is 259 g/mol. The van der Waals surface area contributed by atoms with Gasteiger partial charge in [0.05, 0.1) is 12.2 Å². The number of fused-ring (bicyclic) bond motifs is 1. The molecule has 1 aromatic carbocycles. The van der Waals surface area contributed by atoms with E-state index >= 15 is 0 Å². The number of benzene rings is 1. The molecular weight excluding hydrogens is 238 g/mol. The van der Waals surface area contributed by atoms with Crippen molar-refractivity contribution in [2.45, 2.75) is 32.6 Å². The van der Waals surface area contributed by atoms with Gasteiger partial charge in [0.25, 0.3) is 0 Å². The van der Waals surface area contributed by atoms with Crippen molar-refractivity contribution in [3.8, 4) is 0 Å². The summed E-state index contributed by atoms with van der Waals surface area (Å²) < 4.78 is 7.31. The number of carbonyl (C=O) groups is 1. The average Bonchev–Trinajstić information content (AvgIpc) is 2.76. The number of aromatic nitrogens is 1. The summed E-state index contributed by atoms with van der Waals surface area (Å²) in [6, 6.07) is 7.89. The van der Waals surface area contributed by atoms with E-state index in [-0.39, 0.29) is 5.97 Å². The van der Waals surface area contributed by atoms with Crippen LogP contribution in [0.5, 0.6) is 0 Å². The lowest BCUT2D eigenvalue weighted by Crippen LogP contribution is -2.06. The monoisotopic (exact) mass is 259 g/mol. The number of rotatable bonds is 6. The van der Waals surface area contributed by atoms with Crippen LogP contribution in [0, 0.1) is 0 Å². The van der Waals surface area contributed by atoms with E-state index in [1.54, 1.807) is 0 Å². The van der Waals surface area contributed by atoms with Gasteiger partial charge in [-0.1, -0.05) is 44.4 Å². The fourth-order valence-corrected chi connectivity index (χ4v) is 2.28. The Morgan fingerprint density at radius 3 is 2.79 bits per heavy atom. The molecule has 1 heterocycles. The fraction of sp³-hybridized carbons (Fsp3) is 0.438. The van der Waals surface area contributed by atoms with Gasteiger partial charge in [-0.15, -0.1) is 0 Å². The second-order valence-corrected chi connectivity index (χ2v) is 4.87. The Labute approximate surface area is 114 Å². The van der Waals surface area contributed by atoms with E-state index in [0.29, 0.717) is 12.2 Å². The maximum atomic E-state index is 12.1. The molecule has 0 saturated heterocycles. The molecule has 0 aliphatic heterocycles. The molecule has 0 saturated carbocycles. The normalized spacial score (nSPS) is 10.8. The van der Waals surface area contributed by atoms with E-state index < -0.39 is 0 Å². The van der Waals surface area contributed by atoms with Gasteiger partial charge < -0.3 is 9.30 Å². The van der Waals surface area contributed by atoms with Gasteiger partial charge in [0.15, 0.2) is 0 Å². The Morgan fingerprint density at radius 1 is 1.21 bits per heavy atom. The number of ether oxygens (including phenoxy) is 1. The first-order chi connectivity index (χ1) is 9.24. The molecule has 0 aliphatic carbocycles. The predicted molar refractivity (Wildman–Crippen MR) is 77.3 cm³/mol. The number of unbranched alkanes of at least 4 members (excludes halogenated alkanes) is 3. The van der Waals surface area contributed by atoms with Crippen molar-refractivity contribution >= 4 is 16.9 Å². The third-order valence-corrected chi connectivity index (χ3v) is 3.35. The molecule has 0 aliphatic rings. The van der Waals surface area contributed by atoms with E-state index in [9.17, 15) is 4.79 Å². The summed E-state index contributed by atoms with van der Waals surface area (Å²) >= 11 is 0. The van der Waals surface area contributed by atoms with Crippen LogP contribution in [0.15, 0.2) is 30.5 Å². The van der Waals surface area contributed by atoms with Crippen LogP contribution < -0.4 is 0 Å². The summed E-state index contributed by atoms with van der Waals surface area (Å²) in [5.74, 6) is -0.215. The van der Waals surface area contributed by atoms with E-state index in [1.165, 1.54) is 12.8 Å². The van der Waals surface area contributed by atoms with Crippen molar-refractivity contribution < 1.29 is 9.53 Å². The number of hydrogen-bond donors (Lipinski definition) is 0. The van der Waals surface area contributed by atoms with Crippen LogP contribution in [0.2, 0.25) is 0 Å². The highest BCUT2D eigenvalue weighted by atomic mass is 16.5. The molecule has 0 fully saturated rings. The summed E-state index contributed by atoms with van der Waals surface area (Å²) in [5, 5.41) is 0.962. The van der Waals surface area contributed by atoms with Gasteiger partial charge in [0.2, 0.25) is 0 Å². The molecular formula is C16H21NO2. The molecule has 1 aromatic heterocycles. The van der Waals surface area contributed by atoms with Crippen LogP contribution in [0.1, 0.15) is 43.0 Å². The number of esters is 1. The van der Waals surface area contributed by atoms with Gasteiger partial charge in [0, 0.05) is 24.1 Å². The summed E-state index contributed by atoms with van der Waals surface area (Å²) in [7, 11) is 1.94. The van der Waals surface area contributed by atoms with E-state index in [0.717, 1.165) is 23.7 Å². The summed E-state index contributed by atoms with van der Waals surface area (Å²) in [6.45, 7) is 2.68. The molecule has 2 aromatic rings. The van der Waals surface area contributed by atoms with Crippen LogP contribution in [0.3, 0.4) is 0 Å². The van der Waals surface area contributed by atoms with Gasteiger partial charge in [-0.05, 0) is 12.5 Å². The molecule has 19 heavy (non-hydrogen) atoms. The lowest BCUT2D eigenvalue weighted by molar-refractivity contribution is 0.0500. The lowest BCUT2D eigenvalue weighted by atomic mass is 10.2. The number of para-hydroxylation sites is 1. The van der Waals surface area contributed by atoms with Gasteiger partial charge in [-0.3, -0.25) is 0 Å². The van der Waals surface area contributed by atoms with Crippen LogP contribution in [-0.4, -0.2) is 17.1 Å². The molecule has 0 atom stereocenters. The Hall–Kier alpha value is -1.77. The first-order valence-corrected chi connectivity index (χ1v) is 6.95. The van der Waals surface area contributed by atoms with Gasteiger partial charge in [0.1, 0.15) is 0 Å². The fourth-order valence-electron chi connectivity index (χ4n) is 2.28. The van der Waals surface area contributed by atoms with Crippen LogP contribution >= 0.6 is 0 Å². The minimum absolute atomic E-state index is 0.215. The van der Waals surface area contributed by atoms with Crippen molar-refractivity contribution in [2.75, 3.05) is 6.61 Å². The molecule has 0 spiro atoms.